The van der Waals surface area contributed by atoms with Crippen molar-refractivity contribution in [3.63, 3.8) is 0 Å². The molecule has 1 fully saturated rings. The molecule has 2 atom stereocenters. The zero-order chi connectivity index (χ0) is 13.4. The highest BCUT2D eigenvalue weighted by molar-refractivity contribution is 7.99. The summed E-state index contributed by atoms with van der Waals surface area (Å²) in [4.78, 5) is 3.30. The number of rotatable bonds is 2. The van der Waals surface area contributed by atoms with Crippen molar-refractivity contribution in [2.75, 3.05) is 6.26 Å². The molecule has 0 aliphatic heterocycles. The topological polar surface area (TPSA) is 20.7 Å². The van der Waals surface area contributed by atoms with E-state index in [-0.39, 0.29) is 0 Å². The van der Waals surface area contributed by atoms with Crippen LogP contribution in [0.3, 0.4) is 0 Å². The Morgan fingerprint density at radius 3 is 3.05 bits per heavy atom. The van der Waals surface area contributed by atoms with Gasteiger partial charge in [0.1, 0.15) is 0 Å². The Kier molecular flexibility index (Phi) is 3.92. The second-order valence-electron chi connectivity index (χ2n) is 5.14. The van der Waals surface area contributed by atoms with Gasteiger partial charge in [-0.2, -0.15) is 11.8 Å². The molecule has 1 aromatic carbocycles. The third-order valence-electron chi connectivity index (χ3n) is 3.98. The van der Waals surface area contributed by atoms with Gasteiger partial charge in [0.2, 0.25) is 0 Å². The van der Waals surface area contributed by atoms with Gasteiger partial charge in [-0.05, 0) is 55.9 Å². The number of aromatic amines is 1. The molecule has 3 rings (SSSR count). The van der Waals surface area contributed by atoms with Crippen LogP contribution in [0.4, 0.5) is 0 Å². The highest BCUT2D eigenvalue weighted by atomic mass is 35.5. The third-order valence-corrected chi connectivity index (χ3v) is 5.61. The average molecular weight is 313 g/mol. The Bertz CT molecular complexity index is 646. The summed E-state index contributed by atoms with van der Waals surface area (Å²) in [5, 5.41) is 1.53. The van der Waals surface area contributed by atoms with Gasteiger partial charge in [0, 0.05) is 16.3 Å². The van der Waals surface area contributed by atoms with E-state index in [1.807, 2.05) is 30.0 Å². The van der Waals surface area contributed by atoms with Crippen molar-refractivity contribution < 1.29 is 0 Å². The molecule has 1 heterocycles. The molecular formula is C14H17ClN2S2. The van der Waals surface area contributed by atoms with Crippen LogP contribution in [-0.2, 0) is 0 Å². The van der Waals surface area contributed by atoms with E-state index in [1.165, 1.54) is 25.7 Å². The van der Waals surface area contributed by atoms with Gasteiger partial charge in [0.05, 0.1) is 11.0 Å². The molecule has 2 unspecified atom stereocenters. The molecule has 0 radical (unpaired) electrons. The number of nitrogens with zero attached hydrogens (tertiary/aromatic N) is 1. The van der Waals surface area contributed by atoms with E-state index in [0.29, 0.717) is 6.04 Å². The van der Waals surface area contributed by atoms with Crippen LogP contribution in [0.25, 0.3) is 11.0 Å². The number of hydrogen-bond donors (Lipinski definition) is 1. The van der Waals surface area contributed by atoms with Crippen LogP contribution < -0.4 is 0 Å². The van der Waals surface area contributed by atoms with Crippen molar-refractivity contribution in [2.24, 2.45) is 0 Å². The predicted octanol–water partition coefficient (Wildman–Crippen LogP) is 5.20. The molecule has 0 spiro atoms. The first kappa shape index (κ1) is 13.5. The molecule has 0 saturated heterocycles. The Morgan fingerprint density at radius 1 is 1.42 bits per heavy atom. The van der Waals surface area contributed by atoms with Gasteiger partial charge in [-0.15, -0.1) is 0 Å². The maximum absolute atomic E-state index is 6.13. The summed E-state index contributed by atoms with van der Waals surface area (Å²) in [6, 6.07) is 6.45. The molecule has 102 valence electrons. The second kappa shape index (κ2) is 5.51. The Hall–Kier alpha value is -0.450. The summed E-state index contributed by atoms with van der Waals surface area (Å²) in [5.74, 6) is 0. The Balaban J connectivity index is 2.06. The van der Waals surface area contributed by atoms with Crippen LogP contribution in [0.1, 0.15) is 31.7 Å². The SMILES string of the molecule is CSC1CCCC(n2c(=S)[nH]c3ccc(Cl)cc32)C1. The van der Waals surface area contributed by atoms with Crippen molar-refractivity contribution in [3.8, 4) is 0 Å². The number of halogens is 1. The molecule has 1 saturated carbocycles. The lowest BCUT2D eigenvalue weighted by atomic mass is 9.94. The van der Waals surface area contributed by atoms with Gasteiger partial charge in [-0.3, -0.25) is 0 Å². The summed E-state index contributed by atoms with van der Waals surface area (Å²) in [7, 11) is 0. The first-order valence-corrected chi connectivity index (χ1v) is 8.69. The molecule has 1 aromatic heterocycles. The molecule has 2 nitrogen and oxygen atoms in total. The lowest BCUT2D eigenvalue weighted by Gasteiger charge is -2.29. The van der Waals surface area contributed by atoms with Gasteiger partial charge < -0.3 is 9.55 Å². The van der Waals surface area contributed by atoms with Crippen LogP contribution in [0, 0.1) is 4.77 Å². The van der Waals surface area contributed by atoms with Crippen molar-refractivity contribution in [2.45, 2.75) is 37.0 Å². The maximum atomic E-state index is 6.13. The number of thioether (sulfide) groups is 1. The zero-order valence-electron chi connectivity index (χ0n) is 10.9. The summed E-state index contributed by atoms with van der Waals surface area (Å²) in [6.45, 7) is 0. The summed E-state index contributed by atoms with van der Waals surface area (Å²) < 4.78 is 3.10. The number of hydrogen-bond acceptors (Lipinski definition) is 2. The van der Waals surface area contributed by atoms with Crippen LogP contribution in [-0.4, -0.2) is 21.1 Å². The molecule has 19 heavy (non-hydrogen) atoms. The van der Waals surface area contributed by atoms with E-state index >= 15 is 0 Å². The smallest absolute Gasteiger partial charge is 0.178 e. The average Bonchev–Trinajstić information content (AvgIpc) is 2.74. The highest BCUT2D eigenvalue weighted by Crippen LogP contribution is 2.36. The normalized spacial score (nSPS) is 23.9. The molecule has 0 bridgehead atoms. The van der Waals surface area contributed by atoms with E-state index < -0.39 is 0 Å². The number of nitrogens with one attached hydrogen (secondary N) is 1. The molecule has 2 aromatic rings. The minimum Gasteiger partial charge on any atom is -0.331 e. The quantitative estimate of drug-likeness (QED) is 0.769. The van der Waals surface area contributed by atoms with E-state index in [0.717, 1.165) is 26.1 Å². The molecule has 1 N–H and O–H groups in total. The van der Waals surface area contributed by atoms with Gasteiger partial charge in [-0.25, -0.2) is 0 Å². The van der Waals surface area contributed by atoms with Crippen LogP contribution in [0.15, 0.2) is 18.2 Å². The van der Waals surface area contributed by atoms with Crippen molar-refractivity contribution in [1.29, 1.82) is 0 Å². The fourth-order valence-corrected chi connectivity index (χ4v) is 4.37. The Morgan fingerprint density at radius 2 is 2.26 bits per heavy atom. The number of imidazole rings is 1. The first-order chi connectivity index (χ1) is 9.19. The Labute approximate surface area is 127 Å². The lowest BCUT2D eigenvalue weighted by molar-refractivity contribution is 0.365. The van der Waals surface area contributed by atoms with E-state index in [9.17, 15) is 0 Å². The lowest BCUT2D eigenvalue weighted by Crippen LogP contribution is -2.20. The summed E-state index contributed by atoms with van der Waals surface area (Å²) in [5.41, 5.74) is 2.23. The first-order valence-electron chi connectivity index (χ1n) is 6.61. The second-order valence-corrected chi connectivity index (χ2v) is 7.10. The van der Waals surface area contributed by atoms with Gasteiger partial charge in [-0.1, -0.05) is 18.0 Å². The zero-order valence-corrected chi connectivity index (χ0v) is 13.2. The van der Waals surface area contributed by atoms with E-state index in [1.54, 1.807) is 0 Å². The molecule has 5 heteroatoms. The van der Waals surface area contributed by atoms with Crippen molar-refractivity contribution >= 4 is 46.6 Å². The standard InChI is InChI=1S/C14H17ClN2S2/c1-19-11-4-2-3-10(8-11)17-13-7-9(15)5-6-12(13)16-14(17)18/h5-7,10-11H,2-4,8H2,1H3,(H,16,18). The van der Waals surface area contributed by atoms with Gasteiger partial charge in [0.15, 0.2) is 4.77 Å². The molecule has 1 aliphatic rings. The highest BCUT2D eigenvalue weighted by Gasteiger charge is 2.24. The maximum Gasteiger partial charge on any atom is 0.178 e. The fourth-order valence-electron chi connectivity index (χ4n) is 3.03. The van der Waals surface area contributed by atoms with E-state index in [4.69, 9.17) is 23.8 Å². The molecule has 0 amide bonds. The molecule has 1 aliphatic carbocycles. The largest absolute Gasteiger partial charge is 0.331 e. The fraction of sp³-hybridized carbons (Fsp3) is 0.500. The number of aromatic nitrogens is 2. The number of H-pyrrole nitrogens is 1. The minimum absolute atomic E-state index is 0.505. The van der Waals surface area contributed by atoms with Crippen molar-refractivity contribution in [3.05, 3.63) is 28.0 Å². The van der Waals surface area contributed by atoms with Crippen molar-refractivity contribution in [1.82, 2.24) is 9.55 Å². The molecular weight excluding hydrogens is 296 g/mol. The number of benzene rings is 1. The summed E-state index contributed by atoms with van der Waals surface area (Å²) >= 11 is 13.6. The third kappa shape index (κ3) is 2.58. The monoisotopic (exact) mass is 312 g/mol. The van der Waals surface area contributed by atoms with Gasteiger partial charge in [0.25, 0.3) is 0 Å². The van der Waals surface area contributed by atoms with Crippen LogP contribution in [0.2, 0.25) is 5.02 Å². The van der Waals surface area contributed by atoms with Crippen LogP contribution >= 0.6 is 35.6 Å². The summed E-state index contributed by atoms with van der Waals surface area (Å²) in [6.07, 6.45) is 7.23. The van der Waals surface area contributed by atoms with Crippen LogP contribution in [0.5, 0.6) is 0 Å². The van der Waals surface area contributed by atoms with Gasteiger partial charge >= 0.3 is 0 Å². The van der Waals surface area contributed by atoms with E-state index in [2.05, 4.69) is 15.8 Å². The minimum atomic E-state index is 0.505. The predicted molar refractivity (Wildman–Crippen MR) is 86.9 cm³/mol. The number of fused-ring (bicyclic) bond motifs is 1.